The molecule has 1 amide bonds. The van der Waals surface area contributed by atoms with E-state index >= 15 is 0 Å². The first-order chi connectivity index (χ1) is 7.72. The van der Waals surface area contributed by atoms with Crippen LogP contribution in [0.5, 0.6) is 0 Å². The minimum absolute atomic E-state index is 0.0873. The van der Waals surface area contributed by atoms with Gasteiger partial charge in [-0.15, -0.1) is 0 Å². The molecule has 0 aromatic heterocycles. The second-order valence-corrected chi connectivity index (χ2v) is 4.55. The number of amides is 1. The summed E-state index contributed by atoms with van der Waals surface area (Å²) in [6.45, 7) is 1.88. The third-order valence-electron chi connectivity index (χ3n) is 2.32. The number of benzene rings is 1. The predicted octanol–water partition coefficient (Wildman–Crippen LogP) is 1.71. The van der Waals surface area contributed by atoms with Crippen LogP contribution in [0, 0.1) is 0 Å². The molecule has 84 valence electrons. The molecule has 6 heteroatoms. The van der Waals surface area contributed by atoms with Crippen LogP contribution in [0.15, 0.2) is 26.1 Å². The Balaban J connectivity index is 2.21. The van der Waals surface area contributed by atoms with Crippen LogP contribution in [0.4, 0.5) is 17.1 Å². The number of anilines is 1. The van der Waals surface area contributed by atoms with E-state index in [4.69, 9.17) is 5.73 Å². The van der Waals surface area contributed by atoms with Crippen molar-refractivity contribution in [2.45, 2.75) is 19.4 Å². The molecular formula is C10H12N4OSe. The summed E-state index contributed by atoms with van der Waals surface area (Å²) < 4.78 is 8.52. The first-order valence-electron chi connectivity index (χ1n) is 5.00. The molecule has 0 saturated heterocycles. The summed E-state index contributed by atoms with van der Waals surface area (Å²) in [7, 11) is 0. The maximum atomic E-state index is 11.6. The SMILES string of the molecule is CC[C@@H](N)C(=O)Nc1cccc2c1N=[Se]=N2. The zero-order valence-electron chi connectivity index (χ0n) is 8.80. The number of carbonyl (C=O) groups excluding carboxylic acids is 1. The van der Waals surface area contributed by atoms with Crippen molar-refractivity contribution in [1.29, 1.82) is 0 Å². The summed E-state index contributed by atoms with van der Waals surface area (Å²) in [5, 5.41) is 2.79. The normalized spacial score (nSPS) is 14.1. The molecule has 0 unspecified atom stereocenters. The van der Waals surface area contributed by atoms with Crippen molar-refractivity contribution in [2.24, 2.45) is 13.7 Å². The molecule has 2 rings (SSSR count). The summed E-state index contributed by atoms with van der Waals surface area (Å²) in [5.41, 5.74) is 7.98. The molecule has 0 spiro atoms. The summed E-state index contributed by atoms with van der Waals surface area (Å²) in [4.78, 5) is 11.6. The number of hydrogen-bond donors (Lipinski definition) is 2. The molecule has 0 radical (unpaired) electrons. The molecule has 1 aromatic rings. The van der Waals surface area contributed by atoms with Crippen molar-refractivity contribution in [1.82, 2.24) is 0 Å². The van der Waals surface area contributed by atoms with E-state index in [-0.39, 0.29) is 20.5 Å². The van der Waals surface area contributed by atoms with E-state index in [1.807, 2.05) is 25.1 Å². The second kappa shape index (κ2) is 4.74. The molecule has 5 nitrogen and oxygen atoms in total. The molecule has 3 N–H and O–H groups in total. The summed E-state index contributed by atoms with van der Waals surface area (Å²) in [6, 6.07) is 5.09. The molecular weight excluding hydrogens is 271 g/mol. The van der Waals surface area contributed by atoms with Crippen LogP contribution < -0.4 is 11.1 Å². The molecule has 1 aromatic carbocycles. The van der Waals surface area contributed by atoms with Crippen LogP contribution in [-0.4, -0.2) is 26.5 Å². The Morgan fingerprint density at radius 3 is 3.12 bits per heavy atom. The van der Waals surface area contributed by atoms with Gasteiger partial charge in [0.15, 0.2) is 0 Å². The van der Waals surface area contributed by atoms with Crippen LogP contribution in [0.3, 0.4) is 0 Å². The number of hydrogen-bond acceptors (Lipinski definition) is 4. The predicted molar refractivity (Wildman–Crippen MR) is 63.3 cm³/mol. The Bertz CT molecular complexity index is 494. The van der Waals surface area contributed by atoms with Gasteiger partial charge >= 0.3 is 98.9 Å². The molecule has 0 fully saturated rings. The van der Waals surface area contributed by atoms with Crippen LogP contribution in [0.1, 0.15) is 13.3 Å². The Morgan fingerprint density at radius 1 is 1.56 bits per heavy atom. The molecule has 0 saturated carbocycles. The first-order valence-corrected chi connectivity index (χ1v) is 6.53. The fourth-order valence-electron chi connectivity index (χ4n) is 1.32. The Hall–Kier alpha value is -1.23. The van der Waals surface area contributed by atoms with Gasteiger partial charge in [0.1, 0.15) is 0 Å². The number of carbonyl (C=O) groups is 1. The molecule has 1 aliphatic heterocycles. The summed E-state index contributed by atoms with van der Waals surface area (Å²) >= 11 is -0.0873. The fraction of sp³-hybridized carbons (Fsp3) is 0.300. The van der Waals surface area contributed by atoms with Crippen molar-refractivity contribution >= 4 is 37.5 Å². The second-order valence-electron chi connectivity index (χ2n) is 3.44. The van der Waals surface area contributed by atoms with Gasteiger partial charge in [-0.25, -0.2) is 0 Å². The number of rotatable bonds is 3. The van der Waals surface area contributed by atoms with Gasteiger partial charge in [0.05, 0.1) is 0 Å². The Morgan fingerprint density at radius 2 is 2.38 bits per heavy atom. The average molecular weight is 283 g/mol. The van der Waals surface area contributed by atoms with Crippen LogP contribution in [0.25, 0.3) is 0 Å². The molecule has 1 atom stereocenters. The van der Waals surface area contributed by atoms with Gasteiger partial charge in [0, 0.05) is 0 Å². The van der Waals surface area contributed by atoms with E-state index in [9.17, 15) is 4.79 Å². The van der Waals surface area contributed by atoms with Crippen LogP contribution >= 0.6 is 0 Å². The van der Waals surface area contributed by atoms with E-state index in [2.05, 4.69) is 13.2 Å². The van der Waals surface area contributed by atoms with E-state index in [0.717, 1.165) is 11.4 Å². The van der Waals surface area contributed by atoms with Crippen LogP contribution in [-0.2, 0) is 4.79 Å². The summed E-state index contributed by atoms with van der Waals surface area (Å²) in [5.74, 6) is -0.175. The van der Waals surface area contributed by atoms with E-state index in [1.165, 1.54) is 0 Å². The first kappa shape index (κ1) is 11.3. The number of nitrogens with zero attached hydrogens (tertiary/aromatic N) is 2. The Kier molecular flexibility index (Phi) is 3.33. The molecule has 1 heterocycles. The number of nitrogens with two attached hydrogens (primary N) is 1. The van der Waals surface area contributed by atoms with Gasteiger partial charge in [-0.1, -0.05) is 0 Å². The monoisotopic (exact) mass is 284 g/mol. The third kappa shape index (κ3) is 2.14. The zero-order chi connectivity index (χ0) is 11.5. The van der Waals surface area contributed by atoms with E-state index in [1.54, 1.807) is 0 Å². The van der Waals surface area contributed by atoms with Crippen molar-refractivity contribution < 1.29 is 4.79 Å². The zero-order valence-corrected chi connectivity index (χ0v) is 10.5. The van der Waals surface area contributed by atoms with Crippen molar-refractivity contribution in [3.63, 3.8) is 0 Å². The van der Waals surface area contributed by atoms with E-state index in [0.29, 0.717) is 12.1 Å². The van der Waals surface area contributed by atoms with Crippen molar-refractivity contribution in [3.8, 4) is 0 Å². The van der Waals surface area contributed by atoms with E-state index < -0.39 is 6.04 Å². The van der Waals surface area contributed by atoms with Gasteiger partial charge in [-0.2, -0.15) is 0 Å². The van der Waals surface area contributed by atoms with Crippen molar-refractivity contribution in [2.75, 3.05) is 5.32 Å². The average Bonchev–Trinajstić information content (AvgIpc) is 2.77. The Labute approximate surface area is 99.2 Å². The van der Waals surface area contributed by atoms with Gasteiger partial charge < -0.3 is 0 Å². The fourth-order valence-corrected chi connectivity index (χ4v) is 2.47. The van der Waals surface area contributed by atoms with Gasteiger partial charge in [0.25, 0.3) is 0 Å². The molecule has 16 heavy (non-hydrogen) atoms. The maximum absolute atomic E-state index is 11.6. The van der Waals surface area contributed by atoms with Gasteiger partial charge in [0.2, 0.25) is 0 Å². The van der Waals surface area contributed by atoms with Crippen LogP contribution in [0.2, 0.25) is 0 Å². The van der Waals surface area contributed by atoms with Gasteiger partial charge in [-0.3, -0.25) is 0 Å². The topological polar surface area (TPSA) is 79.8 Å². The van der Waals surface area contributed by atoms with Crippen molar-refractivity contribution in [3.05, 3.63) is 18.2 Å². The quantitative estimate of drug-likeness (QED) is 0.841. The minimum atomic E-state index is -0.472. The van der Waals surface area contributed by atoms with Gasteiger partial charge in [-0.05, 0) is 0 Å². The molecule has 0 aliphatic carbocycles. The molecule has 0 bridgehead atoms. The molecule has 1 aliphatic rings. The number of fused-ring (bicyclic) bond motifs is 1. The summed E-state index contributed by atoms with van der Waals surface area (Å²) in [6.07, 6.45) is 0.617. The third-order valence-corrected chi connectivity index (χ3v) is 3.46. The number of nitrogens with one attached hydrogen (secondary N) is 1. The standard InChI is InChI=1S/C10H12N4OSe/c1-2-6(11)10(15)12-7-4-3-5-8-9(7)14-16-13-8/h3-6H,2,11H2,1H3,(H,12,15)/t6-/m1/s1.